The normalized spacial score (nSPS) is 17.3. The van der Waals surface area contributed by atoms with E-state index in [0.29, 0.717) is 19.4 Å². The molecule has 1 saturated heterocycles. The van der Waals surface area contributed by atoms with E-state index in [-0.39, 0.29) is 24.9 Å². The van der Waals surface area contributed by atoms with Crippen LogP contribution >= 0.6 is 0 Å². The van der Waals surface area contributed by atoms with Crippen LogP contribution in [-0.2, 0) is 28.8 Å². The molecule has 10 heteroatoms. The SMILES string of the molecule is Cn1ccnc1C(O)(CC(=O)N1CCC(C(=O)NCc2ccccc2)CC1)C(F)(F)F. The topological polar surface area (TPSA) is 87.5 Å². The number of carbonyl (C=O) groups excluding carboxylic acids is 2. The summed E-state index contributed by atoms with van der Waals surface area (Å²) in [5.74, 6) is -1.92. The Kier molecular flexibility index (Phi) is 6.68. The fourth-order valence-electron chi connectivity index (χ4n) is 3.72. The number of hydrogen-bond acceptors (Lipinski definition) is 4. The molecule has 168 valence electrons. The van der Waals surface area contributed by atoms with Crippen molar-refractivity contribution < 1.29 is 27.9 Å². The summed E-state index contributed by atoms with van der Waals surface area (Å²) in [4.78, 5) is 29.8. The molecule has 0 radical (unpaired) electrons. The van der Waals surface area contributed by atoms with Gasteiger partial charge in [0.15, 0.2) is 5.82 Å². The Hall–Kier alpha value is -2.88. The Morgan fingerprint density at radius 1 is 1.19 bits per heavy atom. The van der Waals surface area contributed by atoms with Crippen LogP contribution in [0.3, 0.4) is 0 Å². The molecule has 1 aliphatic heterocycles. The van der Waals surface area contributed by atoms with Crippen molar-refractivity contribution in [1.29, 1.82) is 0 Å². The quantitative estimate of drug-likeness (QED) is 0.723. The van der Waals surface area contributed by atoms with Crippen LogP contribution in [-0.4, -0.2) is 50.6 Å². The molecule has 31 heavy (non-hydrogen) atoms. The van der Waals surface area contributed by atoms with Gasteiger partial charge in [-0.3, -0.25) is 9.59 Å². The molecule has 1 atom stereocenters. The summed E-state index contributed by atoms with van der Waals surface area (Å²) in [6.07, 6.45) is -3.13. The molecule has 0 saturated carbocycles. The standard InChI is InChI=1S/C21H25F3N4O3/c1-27-12-9-25-19(27)20(31,21(22,23)24)13-17(29)28-10-7-16(8-11-28)18(30)26-14-15-5-3-2-4-6-15/h2-6,9,12,16,31H,7-8,10-11,13-14H2,1H3,(H,26,30). The number of hydrogen-bond donors (Lipinski definition) is 2. The molecule has 2 heterocycles. The van der Waals surface area contributed by atoms with E-state index < -0.39 is 29.9 Å². The van der Waals surface area contributed by atoms with Crippen molar-refractivity contribution in [3.05, 3.63) is 54.1 Å². The van der Waals surface area contributed by atoms with Crippen LogP contribution in [0, 0.1) is 5.92 Å². The molecule has 0 spiro atoms. The van der Waals surface area contributed by atoms with Gasteiger partial charge in [0.05, 0.1) is 6.42 Å². The number of aliphatic hydroxyl groups is 1. The average Bonchev–Trinajstić information content (AvgIpc) is 3.18. The van der Waals surface area contributed by atoms with Crippen LogP contribution in [0.2, 0.25) is 0 Å². The molecule has 1 fully saturated rings. The lowest BCUT2D eigenvalue weighted by Gasteiger charge is -2.35. The number of likely N-dealkylation sites (tertiary alicyclic amines) is 1. The molecule has 1 aliphatic rings. The highest BCUT2D eigenvalue weighted by Crippen LogP contribution is 2.41. The third-order valence-electron chi connectivity index (χ3n) is 5.60. The first-order valence-electron chi connectivity index (χ1n) is 9.98. The molecule has 3 rings (SSSR count). The molecule has 7 nitrogen and oxygen atoms in total. The fourth-order valence-corrected chi connectivity index (χ4v) is 3.72. The number of alkyl halides is 3. The summed E-state index contributed by atoms with van der Waals surface area (Å²) in [7, 11) is 1.32. The first kappa shape index (κ1) is 22.8. The zero-order chi connectivity index (χ0) is 22.6. The molecule has 0 aliphatic carbocycles. The van der Waals surface area contributed by atoms with Gasteiger partial charge < -0.3 is 19.9 Å². The van der Waals surface area contributed by atoms with Crippen LogP contribution in [0.1, 0.15) is 30.7 Å². The van der Waals surface area contributed by atoms with Crippen molar-refractivity contribution in [3.8, 4) is 0 Å². The van der Waals surface area contributed by atoms with Crippen LogP contribution < -0.4 is 5.32 Å². The molecular formula is C21H25F3N4O3. The summed E-state index contributed by atoms with van der Waals surface area (Å²) in [6, 6.07) is 9.42. The van der Waals surface area contributed by atoms with E-state index in [9.17, 15) is 27.9 Å². The number of imidazole rings is 1. The number of carbonyl (C=O) groups is 2. The number of halogens is 3. The highest BCUT2D eigenvalue weighted by molar-refractivity contribution is 5.80. The molecule has 0 bridgehead atoms. The van der Waals surface area contributed by atoms with E-state index in [2.05, 4.69) is 10.3 Å². The van der Waals surface area contributed by atoms with Crippen molar-refractivity contribution in [3.63, 3.8) is 0 Å². The van der Waals surface area contributed by atoms with E-state index in [1.165, 1.54) is 18.1 Å². The molecule has 1 aromatic carbocycles. The Bertz CT molecular complexity index is 908. The van der Waals surface area contributed by atoms with E-state index in [4.69, 9.17) is 0 Å². The van der Waals surface area contributed by atoms with Gasteiger partial charge in [0.25, 0.3) is 0 Å². The minimum Gasteiger partial charge on any atom is -0.374 e. The Morgan fingerprint density at radius 3 is 2.39 bits per heavy atom. The van der Waals surface area contributed by atoms with Gasteiger partial charge >= 0.3 is 6.18 Å². The van der Waals surface area contributed by atoms with Gasteiger partial charge in [0, 0.05) is 45.0 Å². The van der Waals surface area contributed by atoms with E-state index in [1.54, 1.807) is 0 Å². The molecule has 2 aromatic rings. The van der Waals surface area contributed by atoms with E-state index in [1.807, 2.05) is 30.3 Å². The summed E-state index contributed by atoms with van der Waals surface area (Å²) in [6.45, 7) is 0.689. The van der Waals surface area contributed by atoms with Crippen LogP contribution in [0.15, 0.2) is 42.7 Å². The zero-order valence-corrected chi connectivity index (χ0v) is 17.1. The summed E-state index contributed by atoms with van der Waals surface area (Å²) in [5.41, 5.74) is -2.42. The Labute approximate surface area is 177 Å². The summed E-state index contributed by atoms with van der Waals surface area (Å²) < 4.78 is 42.0. The second-order valence-corrected chi connectivity index (χ2v) is 7.76. The van der Waals surface area contributed by atoms with Crippen molar-refractivity contribution >= 4 is 11.8 Å². The van der Waals surface area contributed by atoms with Gasteiger partial charge in [-0.15, -0.1) is 0 Å². The lowest BCUT2D eigenvalue weighted by atomic mass is 9.93. The van der Waals surface area contributed by atoms with Gasteiger partial charge in [0.1, 0.15) is 0 Å². The van der Waals surface area contributed by atoms with Crippen molar-refractivity contribution in [2.24, 2.45) is 13.0 Å². The highest BCUT2D eigenvalue weighted by atomic mass is 19.4. The number of nitrogens with zero attached hydrogens (tertiary/aromatic N) is 3. The summed E-state index contributed by atoms with van der Waals surface area (Å²) >= 11 is 0. The van der Waals surface area contributed by atoms with Crippen LogP contribution in [0.4, 0.5) is 13.2 Å². The number of rotatable bonds is 6. The third kappa shape index (κ3) is 5.07. The smallest absolute Gasteiger partial charge is 0.374 e. The average molecular weight is 438 g/mol. The molecule has 1 unspecified atom stereocenters. The van der Waals surface area contributed by atoms with Crippen molar-refractivity contribution in [1.82, 2.24) is 19.8 Å². The number of aromatic nitrogens is 2. The second-order valence-electron chi connectivity index (χ2n) is 7.76. The maximum absolute atomic E-state index is 13.6. The largest absolute Gasteiger partial charge is 0.425 e. The van der Waals surface area contributed by atoms with E-state index >= 15 is 0 Å². The number of aryl methyl sites for hydroxylation is 1. The number of amides is 2. The zero-order valence-electron chi connectivity index (χ0n) is 17.1. The molecule has 2 amide bonds. The highest BCUT2D eigenvalue weighted by Gasteiger charge is 2.59. The lowest BCUT2D eigenvalue weighted by molar-refractivity contribution is -0.272. The second kappa shape index (κ2) is 9.09. The number of benzene rings is 1. The Morgan fingerprint density at radius 2 is 1.84 bits per heavy atom. The maximum Gasteiger partial charge on any atom is 0.425 e. The van der Waals surface area contributed by atoms with Crippen LogP contribution in [0.25, 0.3) is 0 Å². The van der Waals surface area contributed by atoms with E-state index in [0.717, 1.165) is 16.3 Å². The molecule has 1 aromatic heterocycles. The van der Waals surface area contributed by atoms with Gasteiger partial charge in [-0.25, -0.2) is 4.98 Å². The predicted octanol–water partition coefficient (Wildman–Crippen LogP) is 2.12. The van der Waals surface area contributed by atoms with Crippen LogP contribution in [0.5, 0.6) is 0 Å². The summed E-state index contributed by atoms with van der Waals surface area (Å²) in [5, 5.41) is 13.2. The van der Waals surface area contributed by atoms with Gasteiger partial charge in [-0.05, 0) is 18.4 Å². The van der Waals surface area contributed by atoms with Crippen molar-refractivity contribution in [2.75, 3.05) is 13.1 Å². The maximum atomic E-state index is 13.6. The molecule has 2 N–H and O–H groups in total. The lowest BCUT2D eigenvalue weighted by Crippen LogP contribution is -2.50. The van der Waals surface area contributed by atoms with Crippen molar-refractivity contribution in [2.45, 2.75) is 37.6 Å². The first-order valence-corrected chi connectivity index (χ1v) is 9.98. The van der Waals surface area contributed by atoms with Gasteiger partial charge in [-0.2, -0.15) is 13.2 Å². The minimum absolute atomic E-state index is 0.143. The fraction of sp³-hybridized carbons (Fsp3) is 0.476. The molecular weight excluding hydrogens is 413 g/mol. The van der Waals surface area contributed by atoms with Gasteiger partial charge in [-0.1, -0.05) is 30.3 Å². The number of piperidine rings is 1. The predicted molar refractivity (Wildman–Crippen MR) is 105 cm³/mol. The first-order chi connectivity index (χ1) is 14.6. The third-order valence-corrected chi connectivity index (χ3v) is 5.60. The number of nitrogens with one attached hydrogen (secondary N) is 1. The van der Waals surface area contributed by atoms with Gasteiger partial charge in [0.2, 0.25) is 17.4 Å². The monoisotopic (exact) mass is 438 g/mol. The minimum atomic E-state index is -5.07. The Balaban J connectivity index is 1.57.